The molecule has 0 saturated heterocycles. The zero-order chi connectivity index (χ0) is 23.2. The maximum absolute atomic E-state index is 12.5. The maximum atomic E-state index is 12.5. The van der Waals surface area contributed by atoms with Crippen LogP contribution in [0.2, 0.25) is 0 Å². The first-order valence-corrected chi connectivity index (χ1v) is 11.1. The van der Waals surface area contributed by atoms with Gasteiger partial charge in [0.05, 0.1) is 6.04 Å². The molecule has 0 saturated carbocycles. The van der Waals surface area contributed by atoms with Crippen molar-refractivity contribution in [3.05, 3.63) is 89.7 Å². The molecule has 2 N–H and O–H groups in total. The minimum absolute atomic E-state index is 0.0817. The Bertz CT molecular complexity index is 1100. The van der Waals surface area contributed by atoms with Crippen molar-refractivity contribution in [1.82, 2.24) is 15.6 Å². The van der Waals surface area contributed by atoms with Crippen molar-refractivity contribution < 1.29 is 9.59 Å². The minimum atomic E-state index is -0.643. The predicted molar refractivity (Wildman–Crippen MR) is 130 cm³/mol. The van der Waals surface area contributed by atoms with E-state index in [4.69, 9.17) is 0 Å². The van der Waals surface area contributed by atoms with Crippen LogP contribution in [-0.2, 0) is 22.6 Å². The molecule has 4 rings (SSSR count). The molecule has 1 unspecified atom stereocenters. The van der Waals surface area contributed by atoms with Gasteiger partial charge in [-0.15, -0.1) is 0 Å². The van der Waals surface area contributed by atoms with E-state index >= 15 is 0 Å². The van der Waals surface area contributed by atoms with Crippen molar-refractivity contribution in [2.45, 2.75) is 19.0 Å². The number of hydrogen-bond donors (Lipinski definition) is 2. The number of hydrogen-bond acceptors (Lipinski definition) is 5. The van der Waals surface area contributed by atoms with Crippen LogP contribution in [0.3, 0.4) is 0 Å². The fourth-order valence-corrected chi connectivity index (χ4v) is 4.12. The summed E-state index contributed by atoms with van der Waals surface area (Å²) in [4.78, 5) is 33.2. The van der Waals surface area contributed by atoms with Crippen LogP contribution in [0.25, 0.3) is 0 Å². The summed E-state index contributed by atoms with van der Waals surface area (Å²) in [5.41, 5.74) is 5.57. The molecule has 1 aliphatic rings. The Hall–Kier alpha value is -3.87. The van der Waals surface area contributed by atoms with Gasteiger partial charge in [0.15, 0.2) is 0 Å². The molecule has 0 radical (unpaired) electrons. The highest BCUT2D eigenvalue weighted by molar-refractivity contribution is 6.35. The summed E-state index contributed by atoms with van der Waals surface area (Å²) < 4.78 is 0. The summed E-state index contributed by atoms with van der Waals surface area (Å²) in [5.74, 6) is -1.28. The van der Waals surface area contributed by atoms with E-state index in [1.165, 1.54) is 11.3 Å². The number of nitrogens with zero attached hydrogens (tertiary/aromatic N) is 3. The van der Waals surface area contributed by atoms with Crippen molar-refractivity contribution in [1.29, 1.82) is 0 Å². The predicted octanol–water partition coefficient (Wildman–Crippen LogP) is 2.68. The van der Waals surface area contributed by atoms with Gasteiger partial charge in [0, 0.05) is 57.5 Å². The van der Waals surface area contributed by atoms with E-state index in [0.29, 0.717) is 6.54 Å². The number of carbonyl (C=O) groups is 2. The molecule has 3 aromatic rings. The van der Waals surface area contributed by atoms with Gasteiger partial charge in [-0.1, -0.05) is 30.3 Å². The van der Waals surface area contributed by atoms with Crippen molar-refractivity contribution in [2.75, 3.05) is 37.0 Å². The number of benzene rings is 2. The van der Waals surface area contributed by atoms with E-state index in [2.05, 4.69) is 67.9 Å². The Kier molecular flexibility index (Phi) is 6.88. The minimum Gasteiger partial charge on any atom is -0.378 e. The molecule has 7 nitrogen and oxygen atoms in total. The lowest BCUT2D eigenvalue weighted by Gasteiger charge is -2.31. The summed E-state index contributed by atoms with van der Waals surface area (Å²) in [7, 11) is 4.02. The van der Waals surface area contributed by atoms with Crippen LogP contribution in [0.5, 0.6) is 0 Å². The summed E-state index contributed by atoms with van der Waals surface area (Å²) in [6.07, 6.45) is 4.27. The maximum Gasteiger partial charge on any atom is 0.309 e. The first-order valence-electron chi connectivity index (χ1n) is 11.1. The number of anilines is 2. The molecule has 2 amide bonds. The molecule has 1 atom stereocenters. The molecular formula is C26H29N5O2. The largest absolute Gasteiger partial charge is 0.378 e. The lowest BCUT2D eigenvalue weighted by Crippen LogP contribution is -2.43. The highest BCUT2D eigenvalue weighted by Gasteiger charge is 2.28. The van der Waals surface area contributed by atoms with Crippen LogP contribution in [0.4, 0.5) is 11.4 Å². The average Bonchev–Trinajstić information content (AvgIpc) is 3.27. The molecule has 2 aromatic carbocycles. The van der Waals surface area contributed by atoms with E-state index in [0.717, 1.165) is 29.8 Å². The molecule has 1 aromatic heterocycles. The lowest BCUT2D eigenvalue weighted by atomic mass is 10.0. The third-order valence-electron chi connectivity index (χ3n) is 5.96. The molecular weight excluding hydrogens is 414 g/mol. The third kappa shape index (κ3) is 5.31. The van der Waals surface area contributed by atoms with Gasteiger partial charge in [0.2, 0.25) is 0 Å². The molecule has 0 fully saturated rings. The number of amides is 2. The third-order valence-corrected chi connectivity index (χ3v) is 5.96. The fraction of sp³-hybridized carbons (Fsp3) is 0.269. The van der Waals surface area contributed by atoms with Gasteiger partial charge >= 0.3 is 11.8 Å². The van der Waals surface area contributed by atoms with Gasteiger partial charge in [-0.25, -0.2) is 0 Å². The van der Waals surface area contributed by atoms with Crippen molar-refractivity contribution in [2.24, 2.45) is 0 Å². The van der Waals surface area contributed by atoms with Gasteiger partial charge in [-0.3, -0.25) is 14.6 Å². The van der Waals surface area contributed by atoms with Crippen molar-refractivity contribution >= 4 is 23.2 Å². The van der Waals surface area contributed by atoms with Crippen LogP contribution in [0.1, 0.15) is 22.7 Å². The lowest BCUT2D eigenvalue weighted by molar-refractivity contribution is -0.139. The number of rotatable bonds is 7. The Balaban J connectivity index is 1.47. The number of para-hydroxylation sites is 1. The highest BCUT2D eigenvalue weighted by atomic mass is 16.2. The van der Waals surface area contributed by atoms with Crippen LogP contribution in [-0.4, -0.2) is 44.0 Å². The van der Waals surface area contributed by atoms with Gasteiger partial charge in [0.1, 0.15) is 0 Å². The molecule has 170 valence electrons. The molecule has 2 heterocycles. The smallest absolute Gasteiger partial charge is 0.309 e. The summed E-state index contributed by atoms with van der Waals surface area (Å²) in [5, 5.41) is 5.52. The summed E-state index contributed by atoms with van der Waals surface area (Å²) in [6, 6.07) is 20.2. The highest BCUT2D eigenvalue weighted by Crippen LogP contribution is 2.35. The van der Waals surface area contributed by atoms with Gasteiger partial charge in [-0.2, -0.15) is 0 Å². The Morgan fingerprint density at radius 1 is 0.970 bits per heavy atom. The SMILES string of the molecule is CN(C)c1ccc(C(CNC(=O)C(=O)NCc2ccncc2)N2CCc3ccccc32)cc1. The zero-order valence-electron chi connectivity index (χ0n) is 19.0. The first kappa shape index (κ1) is 22.3. The first-order chi connectivity index (χ1) is 16.0. The topological polar surface area (TPSA) is 77.6 Å². The normalized spacial score (nSPS) is 13.2. The summed E-state index contributed by atoms with van der Waals surface area (Å²) >= 11 is 0. The van der Waals surface area contributed by atoms with Crippen molar-refractivity contribution in [3.63, 3.8) is 0 Å². The second-order valence-corrected chi connectivity index (χ2v) is 8.32. The fourth-order valence-electron chi connectivity index (χ4n) is 4.12. The van der Waals surface area contributed by atoms with E-state index in [1.807, 2.05) is 20.2 Å². The van der Waals surface area contributed by atoms with Crippen LogP contribution in [0, 0.1) is 0 Å². The van der Waals surface area contributed by atoms with Crippen molar-refractivity contribution in [3.8, 4) is 0 Å². The van der Waals surface area contributed by atoms with Crippen LogP contribution >= 0.6 is 0 Å². The number of nitrogens with one attached hydrogen (secondary N) is 2. The van der Waals surface area contributed by atoms with E-state index in [-0.39, 0.29) is 12.6 Å². The Labute approximate surface area is 194 Å². The quantitative estimate of drug-likeness (QED) is 0.549. The monoisotopic (exact) mass is 443 g/mol. The molecule has 0 aliphatic carbocycles. The van der Waals surface area contributed by atoms with E-state index in [1.54, 1.807) is 24.5 Å². The van der Waals surface area contributed by atoms with Gasteiger partial charge < -0.3 is 20.4 Å². The molecule has 1 aliphatic heterocycles. The number of pyridine rings is 1. The summed E-state index contributed by atoms with van der Waals surface area (Å²) in [6.45, 7) is 1.48. The second-order valence-electron chi connectivity index (χ2n) is 8.32. The molecule has 7 heteroatoms. The standard InChI is InChI=1S/C26H29N5O2/c1-30(2)22-9-7-21(8-10-22)24(31-16-13-20-5-3-4-6-23(20)31)18-29-26(33)25(32)28-17-19-11-14-27-15-12-19/h3-12,14-15,24H,13,16-18H2,1-2H3,(H,28,32)(H,29,33). The zero-order valence-corrected chi connectivity index (χ0v) is 19.0. The number of carbonyl (C=O) groups excluding carboxylic acids is 2. The average molecular weight is 444 g/mol. The van der Waals surface area contributed by atoms with E-state index in [9.17, 15) is 9.59 Å². The van der Waals surface area contributed by atoms with Gasteiger partial charge in [-0.05, 0) is 53.4 Å². The number of fused-ring (bicyclic) bond motifs is 1. The molecule has 0 spiro atoms. The second kappa shape index (κ2) is 10.2. The van der Waals surface area contributed by atoms with Crippen LogP contribution in [0.15, 0.2) is 73.1 Å². The van der Waals surface area contributed by atoms with Gasteiger partial charge in [0.25, 0.3) is 0 Å². The Morgan fingerprint density at radius 3 is 2.39 bits per heavy atom. The molecule has 0 bridgehead atoms. The van der Waals surface area contributed by atoms with Crippen LogP contribution < -0.4 is 20.4 Å². The Morgan fingerprint density at radius 2 is 1.67 bits per heavy atom. The van der Waals surface area contributed by atoms with E-state index < -0.39 is 11.8 Å². The molecule has 33 heavy (non-hydrogen) atoms. The number of aromatic nitrogens is 1.